The molecule has 0 aliphatic rings. The van der Waals surface area contributed by atoms with E-state index >= 15 is 0 Å². The van der Waals surface area contributed by atoms with Crippen molar-refractivity contribution in [3.8, 4) is 11.5 Å². The zero-order valence-electron chi connectivity index (χ0n) is 13.4. The molecule has 0 radical (unpaired) electrons. The monoisotopic (exact) mass is 349 g/mol. The highest BCUT2D eigenvalue weighted by molar-refractivity contribution is 7.10. The SMILES string of the molecule is CCOc1cc(C(=O)NC(CC(=O)O)c2cccs2)ccc1OC. The number of amides is 1. The molecule has 1 aromatic heterocycles. The summed E-state index contributed by atoms with van der Waals surface area (Å²) in [5, 5.41) is 13.7. The van der Waals surface area contributed by atoms with Crippen molar-refractivity contribution < 1.29 is 24.2 Å². The van der Waals surface area contributed by atoms with Gasteiger partial charge in [-0.15, -0.1) is 11.3 Å². The molecular weight excluding hydrogens is 330 g/mol. The smallest absolute Gasteiger partial charge is 0.305 e. The molecule has 7 heteroatoms. The maximum Gasteiger partial charge on any atom is 0.305 e. The molecule has 6 nitrogen and oxygen atoms in total. The molecule has 0 saturated heterocycles. The van der Waals surface area contributed by atoms with Gasteiger partial charge in [0.1, 0.15) is 0 Å². The molecule has 24 heavy (non-hydrogen) atoms. The average Bonchev–Trinajstić information content (AvgIpc) is 3.08. The van der Waals surface area contributed by atoms with Gasteiger partial charge in [0.15, 0.2) is 11.5 Å². The highest BCUT2D eigenvalue weighted by Gasteiger charge is 2.20. The summed E-state index contributed by atoms with van der Waals surface area (Å²) in [6, 6.07) is 7.90. The number of benzene rings is 1. The zero-order valence-corrected chi connectivity index (χ0v) is 14.3. The molecule has 0 spiro atoms. The third-order valence-electron chi connectivity index (χ3n) is 3.30. The number of hydrogen-bond donors (Lipinski definition) is 2. The van der Waals surface area contributed by atoms with Gasteiger partial charge >= 0.3 is 5.97 Å². The Balaban J connectivity index is 2.20. The van der Waals surface area contributed by atoms with Crippen molar-refractivity contribution in [2.75, 3.05) is 13.7 Å². The summed E-state index contributed by atoms with van der Waals surface area (Å²) in [4.78, 5) is 24.4. The lowest BCUT2D eigenvalue weighted by atomic mass is 10.1. The van der Waals surface area contributed by atoms with Crippen LogP contribution in [0.4, 0.5) is 0 Å². The quantitative estimate of drug-likeness (QED) is 0.765. The molecule has 1 heterocycles. The van der Waals surface area contributed by atoms with Crippen molar-refractivity contribution in [2.24, 2.45) is 0 Å². The van der Waals surface area contributed by atoms with Crippen LogP contribution in [0.15, 0.2) is 35.7 Å². The van der Waals surface area contributed by atoms with E-state index in [0.29, 0.717) is 23.7 Å². The Hall–Kier alpha value is -2.54. The molecule has 1 aromatic carbocycles. The number of carbonyl (C=O) groups excluding carboxylic acids is 1. The number of carbonyl (C=O) groups is 2. The first-order valence-corrected chi connectivity index (χ1v) is 8.30. The summed E-state index contributed by atoms with van der Waals surface area (Å²) in [6.45, 7) is 2.28. The van der Waals surface area contributed by atoms with Gasteiger partial charge in [-0.05, 0) is 36.6 Å². The maximum absolute atomic E-state index is 12.5. The third kappa shape index (κ3) is 4.48. The Morgan fingerprint density at radius 2 is 2.08 bits per heavy atom. The van der Waals surface area contributed by atoms with Gasteiger partial charge in [0.2, 0.25) is 0 Å². The van der Waals surface area contributed by atoms with Crippen molar-refractivity contribution in [1.82, 2.24) is 5.32 Å². The second-order valence-corrected chi connectivity index (χ2v) is 5.92. The lowest BCUT2D eigenvalue weighted by Gasteiger charge is -2.16. The Labute approximate surface area is 144 Å². The Morgan fingerprint density at radius 1 is 1.29 bits per heavy atom. The van der Waals surface area contributed by atoms with Crippen LogP contribution in [-0.4, -0.2) is 30.7 Å². The predicted molar refractivity (Wildman–Crippen MR) is 90.9 cm³/mol. The molecule has 0 aliphatic carbocycles. The van der Waals surface area contributed by atoms with Crippen molar-refractivity contribution in [3.63, 3.8) is 0 Å². The van der Waals surface area contributed by atoms with E-state index in [2.05, 4.69) is 5.32 Å². The van der Waals surface area contributed by atoms with Gasteiger partial charge in [-0.1, -0.05) is 6.07 Å². The summed E-state index contributed by atoms with van der Waals surface area (Å²) in [6.07, 6.45) is -0.180. The summed E-state index contributed by atoms with van der Waals surface area (Å²) in [7, 11) is 1.53. The van der Waals surface area contributed by atoms with Gasteiger partial charge in [0.05, 0.1) is 26.2 Å². The van der Waals surface area contributed by atoms with E-state index in [1.807, 2.05) is 18.4 Å². The van der Waals surface area contributed by atoms with Gasteiger partial charge in [-0.2, -0.15) is 0 Å². The van der Waals surface area contributed by atoms with E-state index in [4.69, 9.17) is 14.6 Å². The normalized spacial score (nSPS) is 11.6. The molecule has 0 aliphatic heterocycles. The number of ether oxygens (including phenoxy) is 2. The molecule has 0 fully saturated rings. The molecule has 1 amide bonds. The molecule has 2 aromatic rings. The van der Waals surface area contributed by atoms with E-state index in [1.54, 1.807) is 24.3 Å². The van der Waals surface area contributed by atoms with Crippen LogP contribution in [-0.2, 0) is 4.79 Å². The third-order valence-corrected chi connectivity index (χ3v) is 4.28. The minimum Gasteiger partial charge on any atom is -0.493 e. The first-order valence-electron chi connectivity index (χ1n) is 7.42. The molecule has 0 bridgehead atoms. The second-order valence-electron chi connectivity index (χ2n) is 4.94. The number of carboxylic acid groups (broad SMARTS) is 1. The van der Waals surface area contributed by atoms with Gasteiger partial charge < -0.3 is 19.9 Å². The van der Waals surface area contributed by atoms with Crippen LogP contribution in [0.25, 0.3) is 0 Å². The van der Waals surface area contributed by atoms with E-state index in [-0.39, 0.29) is 12.3 Å². The average molecular weight is 349 g/mol. The van der Waals surface area contributed by atoms with Crippen LogP contribution in [0, 0.1) is 0 Å². The largest absolute Gasteiger partial charge is 0.493 e. The summed E-state index contributed by atoms with van der Waals surface area (Å²) in [5.74, 6) is -0.330. The Bertz CT molecular complexity index is 699. The van der Waals surface area contributed by atoms with Gasteiger partial charge in [0, 0.05) is 10.4 Å². The van der Waals surface area contributed by atoms with Crippen molar-refractivity contribution in [1.29, 1.82) is 0 Å². The first-order chi connectivity index (χ1) is 11.5. The minimum absolute atomic E-state index is 0.180. The topological polar surface area (TPSA) is 84.9 Å². The lowest BCUT2D eigenvalue weighted by molar-refractivity contribution is -0.137. The number of methoxy groups -OCH3 is 1. The van der Waals surface area contributed by atoms with Crippen LogP contribution in [0.5, 0.6) is 11.5 Å². The molecule has 1 atom stereocenters. The van der Waals surface area contributed by atoms with Gasteiger partial charge in [-0.25, -0.2) is 0 Å². The van der Waals surface area contributed by atoms with Crippen LogP contribution in [0.1, 0.15) is 34.6 Å². The number of aliphatic carboxylic acids is 1. The molecule has 2 rings (SSSR count). The van der Waals surface area contributed by atoms with Crippen molar-refractivity contribution in [3.05, 3.63) is 46.2 Å². The number of hydrogen-bond acceptors (Lipinski definition) is 5. The number of nitrogens with one attached hydrogen (secondary N) is 1. The fourth-order valence-corrected chi connectivity index (χ4v) is 2.99. The fourth-order valence-electron chi connectivity index (χ4n) is 2.21. The maximum atomic E-state index is 12.5. The summed E-state index contributed by atoms with van der Waals surface area (Å²) < 4.78 is 10.7. The van der Waals surface area contributed by atoms with Crippen LogP contribution in [0.2, 0.25) is 0 Å². The Kier molecular flexibility index (Phi) is 6.20. The van der Waals surface area contributed by atoms with E-state index in [1.165, 1.54) is 18.4 Å². The number of carboxylic acids is 1. The van der Waals surface area contributed by atoms with Crippen molar-refractivity contribution >= 4 is 23.2 Å². The molecule has 128 valence electrons. The summed E-state index contributed by atoms with van der Waals surface area (Å²) >= 11 is 1.40. The fraction of sp³-hybridized carbons (Fsp3) is 0.294. The van der Waals surface area contributed by atoms with E-state index in [0.717, 1.165) is 4.88 Å². The second kappa shape index (κ2) is 8.35. The predicted octanol–water partition coefficient (Wildman–Crippen LogP) is 3.10. The molecule has 2 N–H and O–H groups in total. The van der Waals surface area contributed by atoms with Gasteiger partial charge in [-0.3, -0.25) is 9.59 Å². The van der Waals surface area contributed by atoms with Crippen LogP contribution in [0.3, 0.4) is 0 Å². The highest BCUT2D eigenvalue weighted by atomic mass is 32.1. The zero-order chi connectivity index (χ0) is 17.5. The Morgan fingerprint density at radius 3 is 2.67 bits per heavy atom. The lowest BCUT2D eigenvalue weighted by Crippen LogP contribution is -2.29. The van der Waals surface area contributed by atoms with Gasteiger partial charge in [0.25, 0.3) is 5.91 Å². The highest BCUT2D eigenvalue weighted by Crippen LogP contribution is 2.29. The number of rotatable bonds is 8. The molecule has 1 unspecified atom stereocenters. The van der Waals surface area contributed by atoms with Crippen LogP contribution >= 0.6 is 11.3 Å². The van der Waals surface area contributed by atoms with E-state index in [9.17, 15) is 9.59 Å². The van der Waals surface area contributed by atoms with Crippen molar-refractivity contribution in [2.45, 2.75) is 19.4 Å². The number of thiophene rings is 1. The van der Waals surface area contributed by atoms with Crippen LogP contribution < -0.4 is 14.8 Å². The molecule has 0 saturated carbocycles. The minimum atomic E-state index is -0.974. The van der Waals surface area contributed by atoms with E-state index < -0.39 is 12.0 Å². The molecular formula is C17H19NO5S. The first kappa shape index (κ1) is 17.8. The standard InChI is InChI=1S/C17H19NO5S/c1-3-23-14-9-11(6-7-13(14)22-2)17(21)18-12(10-16(19)20)15-5-4-8-24-15/h4-9,12H,3,10H2,1-2H3,(H,18,21)(H,19,20). The summed E-state index contributed by atoms with van der Waals surface area (Å²) in [5.41, 5.74) is 0.381.